The minimum absolute atomic E-state index is 0.107. The van der Waals surface area contributed by atoms with Crippen LogP contribution in [0.15, 0.2) is 53.0 Å². The number of hydrogen-bond acceptors (Lipinski definition) is 10. The van der Waals surface area contributed by atoms with Gasteiger partial charge in [-0.2, -0.15) is 10.1 Å². The highest BCUT2D eigenvalue weighted by Gasteiger charge is 2.18. The molecule has 0 saturated carbocycles. The van der Waals surface area contributed by atoms with Gasteiger partial charge in [-0.1, -0.05) is 18.5 Å². The van der Waals surface area contributed by atoms with Gasteiger partial charge in [0.2, 0.25) is 0 Å². The van der Waals surface area contributed by atoms with Crippen LogP contribution in [0.1, 0.15) is 19.0 Å². The van der Waals surface area contributed by atoms with Gasteiger partial charge in [0.05, 0.1) is 42.7 Å². The van der Waals surface area contributed by atoms with Gasteiger partial charge >= 0.3 is 0 Å². The van der Waals surface area contributed by atoms with Gasteiger partial charge in [0.1, 0.15) is 6.54 Å². The number of benzene rings is 1. The first kappa shape index (κ1) is 25.2. The Morgan fingerprint density at radius 1 is 1.16 bits per heavy atom. The van der Waals surface area contributed by atoms with Crippen LogP contribution in [0.3, 0.4) is 0 Å². The molecule has 2 aliphatic rings. The van der Waals surface area contributed by atoms with E-state index in [9.17, 15) is 4.39 Å². The van der Waals surface area contributed by atoms with Crippen molar-refractivity contribution in [3.05, 3.63) is 59.3 Å². The Hall–Kier alpha value is -3.41. The maximum absolute atomic E-state index is 14.2. The van der Waals surface area contributed by atoms with Crippen molar-refractivity contribution in [2.45, 2.75) is 19.9 Å². The number of hydrazine groups is 1. The van der Waals surface area contributed by atoms with E-state index in [0.717, 1.165) is 48.5 Å². The molecule has 3 aromatic rings. The second kappa shape index (κ2) is 11.8. The van der Waals surface area contributed by atoms with E-state index < -0.39 is 5.82 Å². The summed E-state index contributed by atoms with van der Waals surface area (Å²) in [6.07, 6.45) is 4.01. The highest BCUT2D eigenvalue weighted by molar-refractivity contribution is 6.31. The van der Waals surface area contributed by atoms with Gasteiger partial charge < -0.3 is 20.0 Å². The fourth-order valence-corrected chi connectivity index (χ4v) is 4.47. The van der Waals surface area contributed by atoms with Crippen molar-refractivity contribution in [2.24, 2.45) is 16.1 Å². The number of nitrogens with zero attached hydrogens (tertiary/aromatic N) is 7. The molecule has 1 aromatic carbocycles. The third-order valence-electron chi connectivity index (χ3n) is 6.16. The number of halogens is 2. The molecular formula is C25H29ClFN9O. The molecule has 2 aromatic heterocycles. The molecule has 37 heavy (non-hydrogen) atoms. The molecule has 4 heterocycles. The van der Waals surface area contributed by atoms with E-state index in [1.165, 1.54) is 0 Å². The monoisotopic (exact) mass is 525 g/mol. The number of ether oxygens (including phenoxy) is 1. The van der Waals surface area contributed by atoms with Crippen LogP contribution in [0.4, 0.5) is 33.2 Å². The number of pyridine rings is 1. The quantitative estimate of drug-likeness (QED) is 0.421. The predicted molar refractivity (Wildman–Crippen MR) is 141 cm³/mol. The molecule has 2 saturated heterocycles. The third-order valence-corrected chi connectivity index (χ3v) is 6.38. The van der Waals surface area contributed by atoms with Crippen molar-refractivity contribution in [1.82, 2.24) is 20.4 Å². The number of azo groups is 1. The van der Waals surface area contributed by atoms with Gasteiger partial charge in [0, 0.05) is 36.9 Å². The summed E-state index contributed by atoms with van der Waals surface area (Å²) < 4.78 is 19.5. The summed E-state index contributed by atoms with van der Waals surface area (Å²) in [5.74, 6) is 0.456. The first-order valence-electron chi connectivity index (χ1n) is 12.3. The summed E-state index contributed by atoms with van der Waals surface area (Å²) in [6.45, 7) is 6.57. The summed E-state index contributed by atoms with van der Waals surface area (Å²) in [6, 6.07) is 9.69. The Balaban J connectivity index is 1.20. The molecule has 5 rings (SSSR count). The largest absolute Gasteiger partial charge is 0.378 e. The summed E-state index contributed by atoms with van der Waals surface area (Å²) in [5.41, 5.74) is 6.87. The van der Waals surface area contributed by atoms with E-state index in [0.29, 0.717) is 37.2 Å². The van der Waals surface area contributed by atoms with E-state index >= 15 is 0 Å². The Kier molecular flexibility index (Phi) is 8.02. The highest BCUT2D eigenvalue weighted by Crippen LogP contribution is 2.28. The van der Waals surface area contributed by atoms with Crippen molar-refractivity contribution in [3.63, 3.8) is 0 Å². The van der Waals surface area contributed by atoms with Gasteiger partial charge in [0.25, 0.3) is 5.95 Å². The normalized spacial score (nSPS) is 18.4. The number of rotatable bonds is 7. The van der Waals surface area contributed by atoms with Crippen LogP contribution in [-0.2, 0) is 11.3 Å². The lowest BCUT2D eigenvalue weighted by Gasteiger charge is -2.33. The van der Waals surface area contributed by atoms with Crippen molar-refractivity contribution in [2.75, 3.05) is 54.6 Å². The average Bonchev–Trinajstić information content (AvgIpc) is 2.91. The molecule has 2 N–H and O–H groups in total. The van der Waals surface area contributed by atoms with E-state index in [4.69, 9.17) is 16.3 Å². The van der Waals surface area contributed by atoms with Crippen LogP contribution in [0.2, 0.25) is 5.02 Å². The maximum Gasteiger partial charge on any atom is 0.270 e. The third kappa shape index (κ3) is 6.68. The van der Waals surface area contributed by atoms with Crippen LogP contribution < -0.4 is 20.7 Å². The summed E-state index contributed by atoms with van der Waals surface area (Å²) in [4.78, 5) is 14.4. The van der Waals surface area contributed by atoms with Crippen molar-refractivity contribution < 1.29 is 9.13 Å². The minimum atomic E-state index is -0.487. The highest BCUT2D eigenvalue weighted by atomic mass is 35.5. The zero-order valence-electron chi connectivity index (χ0n) is 20.6. The standard InChI is InChI=1S/C25H29ClFN9O/c1-17-4-5-31-36(16-17)22-11-18(26)10-21(12-22)32-20-3-2-19(28-13-20)14-30-34-25-29-15-23(27)24(33-25)35-6-8-37-9-7-35/h2-3,10-13,15,17,31-32H,4-9,14,16H2,1H3. The summed E-state index contributed by atoms with van der Waals surface area (Å²) >= 11 is 6.40. The van der Waals surface area contributed by atoms with E-state index in [1.807, 2.05) is 29.2 Å². The van der Waals surface area contributed by atoms with Gasteiger partial charge in [-0.15, -0.1) is 5.11 Å². The maximum atomic E-state index is 14.2. The molecule has 2 fully saturated rings. The van der Waals surface area contributed by atoms with Crippen molar-refractivity contribution >= 4 is 40.4 Å². The molecule has 0 spiro atoms. The Labute approximate surface area is 219 Å². The molecule has 0 amide bonds. The number of anilines is 4. The molecular weight excluding hydrogens is 497 g/mol. The molecule has 194 valence electrons. The van der Waals surface area contributed by atoms with Crippen molar-refractivity contribution in [3.8, 4) is 0 Å². The Morgan fingerprint density at radius 2 is 2.03 bits per heavy atom. The number of hydrogen-bond donors (Lipinski definition) is 2. The van der Waals surface area contributed by atoms with Crippen LogP contribution in [0.5, 0.6) is 0 Å². The molecule has 1 atom stereocenters. The molecule has 0 aliphatic carbocycles. The zero-order valence-corrected chi connectivity index (χ0v) is 21.3. The SMILES string of the molecule is CC1CCNN(c2cc(Cl)cc(Nc3ccc(CN=Nc4ncc(F)c(N5CCOCC5)n4)nc3)c2)C1. The van der Waals surface area contributed by atoms with Gasteiger partial charge in [-0.25, -0.2) is 14.8 Å². The second-order valence-corrected chi connectivity index (χ2v) is 9.55. The Morgan fingerprint density at radius 3 is 2.81 bits per heavy atom. The van der Waals surface area contributed by atoms with Crippen LogP contribution in [0, 0.1) is 11.7 Å². The average molecular weight is 526 g/mol. The van der Waals surface area contributed by atoms with E-state index in [1.54, 1.807) is 6.20 Å². The predicted octanol–water partition coefficient (Wildman–Crippen LogP) is 4.88. The smallest absolute Gasteiger partial charge is 0.270 e. The molecule has 2 aliphatic heterocycles. The van der Waals surface area contributed by atoms with Gasteiger partial charge in [0.15, 0.2) is 11.6 Å². The zero-order chi connectivity index (χ0) is 25.6. The van der Waals surface area contributed by atoms with Gasteiger partial charge in [-0.3, -0.25) is 4.98 Å². The van der Waals surface area contributed by atoms with Crippen LogP contribution >= 0.6 is 11.6 Å². The number of nitrogens with one attached hydrogen (secondary N) is 2. The lowest BCUT2D eigenvalue weighted by atomic mass is 10.1. The first-order chi connectivity index (χ1) is 18.0. The fourth-order valence-electron chi connectivity index (χ4n) is 4.24. The number of morpholine rings is 1. The first-order valence-corrected chi connectivity index (χ1v) is 12.7. The van der Waals surface area contributed by atoms with Gasteiger partial charge in [-0.05, 0) is 42.7 Å². The molecule has 12 heteroatoms. The van der Waals surface area contributed by atoms with Crippen LogP contribution in [-0.4, -0.2) is 54.3 Å². The molecule has 10 nitrogen and oxygen atoms in total. The van der Waals surface area contributed by atoms with Crippen molar-refractivity contribution in [1.29, 1.82) is 0 Å². The molecule has 0 bridgehead atoms. The fraction of sp³-hybridized carbons (Fsp3) is 0.400. The topological polar surface area (TPSA) is 103 Å². The van der Waals surface area contributed by atoms with Crippen LogP contribution in [0.25, 0.3) is 0 Å². The lowest BCUT2D eigenvalue weighted by Crippen LogP contribution is -2.46. The second-order valence-electron chi connectivity index (χ2n) is 9.11. The Bertz CT molecular complexity index is 1240. The lowest BCUT2D eigenvalue weighted by molar-refractivity contribution is 0.122. The van der Waals surface area contributed by atoms with E-state index in [2.05, 4.69) is 53.9 Å². The van der Waals surface area contributed by atoms with E-state index in [-0.39, 0.29) is 18.3 Å². The molecule has 0 radical (unpaired) electrons. The summed E-state index contributed by atoms with van der Waals surface area (Å²) in [5, 5.41) is 14.4. The minimum Gasteiger partial charge on any atom is -0.378 e. The summed E-state index contributed by atoms with van der Waals surface area (Å²) in [7, 11) is 0. The molecule has 1 unspecified atom stereocenters. The number of aromatic nitrogens is 3.